The zero-order chi connectivity index (χ0) is 18.2. The predicted octanol–water partition coefficient (Wildman–Crippen LogP) is 4.82. The molecule has 6 heteroatoms. The van der Waals surface area contributed by atoms with Crippen molar-refractivity contribution in [1.82, 2.24) is 4.90 Å². The molecule has 0 N–H and O–H groups in total. The Morgan fingerprint density at radius 2 is 2.00 bits per heavy atom. The van der Waals surface area contributed by atoms with Crippen molar-refractivity contribution in [1.29, 1.82) is 0 Å². The highest BCUT2D eigenvalue weighted by molar-refractivity contribution is 6.35. The third-order valence-corrected chi connectivity index (χ3v) is 4.93. The Labute approximate surface area is 160 Å². The van der Waals surface area contributed by atoms with Crippen molar-refractivity contribution >= 4 is 29.2 Å². The first-order valence-corrected chi connectivity index (χ1v) is 9.63. The second-order valence-corrected chi connectivity index (χ2v) is 7.71. The molecule has 0 radical (unpaired) electrons. The fourth-order valence-corrected chi connectivity index (χ4v) is 3.69. The Bertz CT molecular complexity index is 566. The molecule has 1 aliphatic carbocycles. The van der Waals surface area contributed by atoms with Crippen molar-refractivity contribution in [2.24, 2.45) is 5.92 Å². The number of carbonyl (C=O) groups excluding carboxylic acids is 1. The maximum atomic E-state index is 12.1. The average molecular weight is 388 g/mol. The van der Waals surface area contributed by atoms with Crippen molar-refractivity contribution in [3.63, 3.8) is 0 Å². The average Bonchev–Trinajstić information content (AvgIpc) is 2.54. The summed E-state index contributed by atoms with van der Waals surface area (Å²) in [6.07, 6.45) is 5.48. The zero-order valence-corrected chi connectivity index (χ0v) is 16.5. The molecule has 0 amide bonds. The third-order valence-electron chi connectivity index (χ3n) is 4.40. The van der Waals surface area contributed by atoms with Gasteiger partial charge in [0.25, 0.3) is 0 Å². The highest BCUT2D eigenvalue weighted by Gasteiger charge is 2.28. The number of rotatable bonds is 8. The predicted molar refractivity (Wildman–Crippen MR) is 102 cm³/mol. The molecule has 2 rings (SSSR count). The van der Waals surface area contributed by atoms with E-state index in [0.717, 1.165) is 25.8 Å². The van der Waals surface area contributed by atoms with E-state index in [1.807, 2.05) is 0 Å². The molecule has 0 saturated heterocycles. The van der Waals surface area contributed by atoms with E-state index in [-0.39, 0.29) is 12.1 Å². The molecule has 2 atom stereocenters. The summed E-state index contributed by atoms with van der Waals surface area (Å²) in [6.45, 7) is 1.39. The van der Waals surface area contributed by atoms with E-state index in [4.69, 9.17) is 32.7 Å². The van der Waals surface area contributed by atoms with Crippen LogP contribution in [-0.4, -0.2) is 44.2 Å². The molecule has 1 fully saturated rings. The molecular weight excluding hydrogens is 361 g/mol. The van der Waals surface area contributed by atoms with Gasteiger partial charge in [-0.25, -0.2) is 0 Å². The van der Waals surface area contributed by atoms with Crippen LogP contribution in [0.25, 0.3) is 0 Å². The van der Waals surface area contributed by atoms with E-state index in [1.54, 1.807) is 18.2 Å². The van der Waals surface area contributed by atoms with Crippen LogP contribution in [0.3, 0.4) is 0 Å². The molecule has 0 unspecified atom stereocenters. The lowest BCUT2D eigenvalue weighted by Crippen LogP contribution is -2.36. The second kappa shape index (κ2) is 10.2. The lowest BCUT2D eigenvalue weighted by atomic mass is 9.86. The lowest BCUT2D eigenvalue weighted by Gasteiger charge is -2.32. The van der Waals surface area contributed by atoms with E-state index in [9.17, 15) is 4.79 Å². The Hall–Kier alpha value is -0.970. The first kappa shape index (κ1) is 20.3. The zero-order valence-electron chi connectivity index (χ0n) is 15.0. The molecule has 0 heterocycles. The summed E-state index contributed by atoms with van der Waals surface area (Å²) < 4.78 is 11.3. The van der Waals surface area contributed by atoms with Crippen molar-refractivity contribution in [3.8, 4) is 5.75 Å². The number of hydrogen-bond acceptors (Lipinski definition) is 4. The number of halogens is 2. The van der Waals surface area contributed by atoms with Crippen molar-refractivity contribution in [2.45, 2.75) is 44.6 Å². The van der Waals surface area contributed by atoms with Gasteiger partial charge in [0.1, 0.15) is 11.9 Å². The fourth-order valence-electron chi connectivity index (χ4n) is 3.23. The maximum absolute atomic E-state index is 12.1. The van der Waals surface area contributed by atoms with Crippen LogP contribution in [0.4, 0.5) is 0 Å². The molecule has 1 saturated carbocycles. The van der Waals surface area contributed by atoms with Gasteiger partial charge in [-0.2, -0.15) is 0 Å². The topological polar surface area (TPSA) is 38.8 Å². The summed E-state index contributed by atoms with van der Waals surface area (Å²) in [5.74, 6) is 0.885. The van der Waals surface area contributed by atoms with Crippen LogP contribution in [-0.2, 0) is 9.53 Å². The Morgan fingerprint density at radius 1 is 1.24 bits per heavy atom. The largest absolute Gasteiger partial charge is 0.492 e. The Morgan fingerprint density at radius 3 is 2.72 bits per heavy atom. The molecule has 25 heavy (non-hydrogen) atoms. The van der Waals surface area contributed by atoms with Gasteiger partial charge >= 0.3 is 5.97 Å². The van der Waals surface area contributed by atoms with Crippen molar-refractivity contribution in [3.05, 3.63) is 28.2 Å². The standard InChI is InChI=1S/C19H27Cl2NO3/c1-22(2)13-14-6-3-4-7-17(14)25-19(23)8-5-11-24-18-10-9-15(20)12-16(18)21/h9-10,12,14,17H,3-8,11,13H2,1-2H3/t14-,17+/m0/s1. The van der Waals surface area contributed by atoms with E-state index in [0.29, 0.717) is 41.2 Å². The summed E-state index contributed by atoms with van der Waals surface area (Å²) in [7, 11) is 4.12. The van der Waals surface area contributed by atoms with Gasteiger partial charge in [0.05, 0.1) is 11.6 Å². The summed E-state index contributed by atoms with van der Waals surface area (Å²) >= 11 is 11.9. The Balaban J connectivity index is 1.70. The van der Waals surface area contributed by atoms with Gasteiger partial charge in [0, 0.05) is 23.9 Å². The molecule has 0 bridgehead atoms. The normalized spacial score (nSPS) is 20.5. The number of nitrogens with zero attached hydrogens (tertiary/aromatic N) is 1. The summed E-state index contributed by atoms with van der Waals surface area (Å²) in [6, 6.07) is 5.10. The number of hydrogen-bond donors (Lipinski definition) is 0. The van der Waals surface area contributed by atoms with E-state index >= 15 is 0 Å². The van der Waals surface area contributed by atoms with Gasteiger partial charge in [-0.1, -0.05) is 29.6 Å². The van der Waals surface area contributed by atoms with Crippen LogP contribution >= 0.6 is 23.2 Å². The van der Waals surface area contributed by atoms with Gasteiger partial charge in [-0.05, 0) is 58.0 Å². The van der Waals surface area contributed by atoms with Crippen molar-refractivity contribution in [2.75, 3.05) is 27.2 Å². The second-order valence-electron chi connectivity index (χ2n) is 6.86. The van der Waals surface area contributed by atoms with E-state index in [1.165, 1.54) is 6.42 Å². The van der Waals surface area contributed by atoms with Crippen LogP contribution in [0.1, 0.15) is 38.5 Å². The van der Waals surface area contributed by atoms with E-state index in [2.05, 4.69) is 19.0 Å². The van der Waals surface area contributed by atoms with Gasteiger partial charge < -0.3 is 14.4 Å². The molecule has 0 aromatic heterocycles. The minimum atomic E-state index is -0.138. The molecule has 0 spiro atoms. The SMILES string of the molecule is CN(C)C[C@@H]1CCCC[C@H]1OC(=O)CCCOc1ccc(Cl)cc1Cl. The first-order valence-electron chi connectivity index (χ1n) is 8.88. The van der Waals surface area contributed by atoms with Crippen molar-refractivity contribution < 1.29 is 14.3 Å². The minimum Gasteiger partial charge on any atom is -0.492 e. The number of benzene rings is 1. The minimum absolute atomic E-state index is 0.0512. The van der Waals surface area contributed by atoms with Gasteiger partial charge in [-0.15, -0.1) is 0 Å². The number of esters is 1. The molecule has 140 valence electrons. The molecule has 1 aromatic carbocycles. The smallest absolute Gasteiger partial charge is 0.306 e. The highest BCUT2D eigenvalue weighted by Crippen LogP contribution is 2.29. The molecular formula is C19H27Cl2NO3. The van der Waals surface area contributed by atoms with Crippen LogP contribution in [0.2, 0.25) is 10.0 Å². The van der Waals surface area contributed by atoms with E-state index < -0.39 is 0 Å². The van der Waals surface area contributed by atoms with Crippen LogP contribution < -0.4 is 4.74 Å². The molecule has 4 nitrogen and oxygen atoms in total. The maximum Gasteiger partial charge on any atom is 0.306 e. The van der Waals surface area contributed by atoms with Gasteiger partial charge in [-0.3, -0.25) is 4.79 Å². The third kappa shape index (κ3) is 7.04. The number of carbonyl (C=O) groups is 1. The van der Waals surface area contributed by atoms with Crippen LogP contribution in [0.5, 0.6) is 5.75 Å². The summed E-state index contributed by atoms with van der Waals surface area (Å²) in [5, 5.41) is 1.05. The molecule has 0 aliphatic heterocycles. The summed E-state index contributed by atoms with van der Waals surface area (Å²) in [5.41, 5.74) is 0. The monoisotopic (exact) mass is 387 g/mol. The number of ether oxygens (including phenoxy) is 2. The van der Waals surface area contributed by atoms with Crippen LogP contribution in [0.15, 0.2) is 18.2 Å². The fraction of sp³-hybridized carbons (Fsp3) is 0.632. The first-order chi connectivity index (χ1) is 12.0. The lowest BCUT2D eigenvalue weighted by molar-refractivity contribution is -0.154. The quantitative estimate of drug-likeness (QED) is 0.473. The van der Waals surface area contributed by atoms with Gasteiger partial charge in [0.15, 0.2) is 0 Å². The van der Waals surface area contributed by atoms with Crippen LogP contribution in [0, 0.1) is 5.92 Å². The molecule has 1 aromatic rings. The molecule has 1 aliphatic rings. The Kier molecular flexibility index (Phi) is 8.34. The highest BCUT2D eigenvalue weighted by atomic mass is 35.5. The van der Waals surface area contributed by atoms with Gasteiger partial charge in [0.2, 0.25) is 0 Å². The summed E-state index contributed by atoms with van der Waals surface area (Å²) in [4.78, 5) is 14.3.